The lowest BCUT2D eigenvalue weighted by Gasteiger charge is -2.25. The summed E-state index contributed by atoms with van der Waals surface area (Å²) in [6, 6.07) is 19.2. The first-order valence-electron chi connectivity index (χ1n) is 10.3. The molecule has 0 saturated carbocycles. The van der Waals surface area contributed by atoms with E-state index in [1.807, 2.05) is 26.2 Å². The van der Waals surface area contributed by atoms with Gasteiger partial charge in [-0.25, -0.2) is 0 Å². The maximum absolute atomic E-state index is 11.5. The van der Waals surface area contributed by atoms with Crippen LogP contribution in [-0.4, -0.2) is 49.1 Å². The molecule has 31 heavy (non-hydrogen) atoms. The van der Waals surface area contributed by atoms with Gasteiger partial charge < -0.3 is 19.2 Å². The van der Waals surface area contributed by atoms with Crippen LogP contribution in [0.5, 0.6) is 5.75 Å². The molecule has 164 valence electrons. The summed E-state index contributed by atoms with van der Waals surface area (Å²) in [5.41, 5.74) is 2.88. The first kappa shape index (κ1) is 22.6. The molecule has 2 aromatic carbocycles. The minimum Gasteiger partial charge on any atom is -0.491 e. The first-order chi connectivity index (χ1) is 14.9. The zero-order valence-corrected chi connectivity index (χ0v) is 18.3. The Bertz CT molecular complexity index is 952. The third-order valence-corrected chi connectivity index (χ3v) is 4.97. The number of hydrogen-bond acceptors (Lipinski definition) is 6. The number of aliphatic hydroxyl groups excluding tert-OH is 1. The molecule has 0 radical (unpaired) electrons. The number of carbonyl (C=O) groups excluding carboxylic acids is 1. The fourth-order valence-corrected chi connectivity index (χ4v) is 3.31. The summed E-state index contributed by atoms with van der Waals surface area (Å²) in [4.78, 5) is 15.7. The summed E-state index contributed by atoms with van der Waals surface area (Å²) in [6.45, 7) is 3.33. The number of aliphatic hydroxyl groups is 1. The maximum Gasteiger partial charge on any atom is 0.159 e. The lowest BCUT2D eigenvalue weighted by atomic mass is 10.1. The van der Waals surface area contributed by atoms with Crippen molar-refractivity contribution in [1.29, 1.82) is 0 Å². The highest BCUT2D eigenvalue weighted by atomic mass is 16.5. The lowest BCUT2D eigenvalue weighted by Crippen LogP contribution is -2.35. The Kier molecular flexibility index (Phi) is 7.87. The normalized spacial score (nSPS) is 12.0. The standard InChI is InChI=1S/C25H30N2O4/c1-19(28)21-6-4-7-24(14-21)31-18-23(29)16-27(17-25-8-5-13-30-25)15-20-9-11-22(12-10-20)26(2)3/h4-14,23,29H,15-18H2,1-3H3. The zero-order chi connectivity index (χ0) is 22.2. The molecule has 6 nitrogen and oxygen atoms in total. The highest BCUT2D eigenvalue weighted by molar-refractivity contribution is 5.94. The Morgan fingerprint density at radius 1 is 1.06 bits per heavy atom. The molecule has 3 aromatic rings. The first-order valence-corrected chi connectivity index (χ1v) is 10.3. The summed E-state index contributed by atoms with van der Waals surface area (Å²) in [6.07, 6.45) is 0.956. The van der Waals surface area contributed by atoms with Crippen molar-refractivity contribution in [2.24, 2.45) is 0 Å². The van der Waals surface area contributed by atoms with Crippen LogP contribution >= 0.6 is 0 Å². The van der Waals surface area contributed by atoms with Gasteiger partial charge in [-0.05, 0) is 48.9 Å². The molecule has 0 bridgehead atoms. The molecule has 0 aliphatic rings. The van der Waals surface area contributed by atoms with Crippen LogP contribution < -0.4 is 9.64 Å². The number of ketones is 1. The largest absolute Gasteiger partial charge is 0.491 e. The molecular weight excluding hydrogens is 392 g/mol. The van der Waals surface area contributed by atoms with Gasteiger partial charge in [-0.2, -0.15) is 0 Å². The lowest BCUT2D eigenvalue weighted by molar-refractivity contribution is 0.0604. The molecule has 0 amide bonds. The van der Waals surface area contributed by atoms with Crippen molar-refractivity contribution in [1.82, 2.24) is 4.90 Å². The van der Waals surface area contributed by atoms with Crippen LogP contribution in [0.3, 0.4) is 0 Å². The van der Waals surface area contributed by atoms with Crippen LogP contribution in [0.25, 0.3) is 0 Å². The second kappa shape index (κ2) is 10.8. The van der Waals surface area contributed by atoms with E-state index in [0.717, 1.165) is 17.0 Å². The van der Waals surface area contributed by atoms with E-state index >= 15 is 0 Å². The number of furan rings is 1. The molecule has 1 atom stereocenters. The van der Waals surface area contributed by atoms with E-state index in [-0.39, 0.29) is 12.4 Å². The molecule has 1 unspecified atom stereocenters. The van der Waals surface area contributed by atoms with E-state index in [4.69, 9.17) is 9.15 Å². The van der Waals surface area contributed by atoms with E-state index in [9.17, 15) is 9.90 Å². The third kappa shape index (κ3) is 6.98. The average molecular weight is 423 g/mol. The van der Waals surface area contributed by atoms with Gasteiger partial charge in [-0.15, -0.1) is 0 Å². The number of anilines is 1. The van der Waals surface area contributed by atoms with E-state index in [1.54, 1.807) is 30.5 Å². The van der Waals surface area contributed by atoms with Crippen molar-refractivity contribution in [3.8, 4) is 5.75 Å². The van der Waals surface area contributed by atoms with Crippen molar-refractivity contribution in [2.75, 3.05) is 32.1 Å². The van der Waals surface area contributed by atoms with Gasteiger partial charge >= 0.3 is 0 Å². The average Bonchev–Trinajstić information content (AvgIpc) is 3.26. The van der Waals surface area contributed by atoms with Crippen LogP contribution in [0.15, 0.2) is 71.3 Å². The predicted molar refractivity (Wildman–Crippen MR) is 122 cm³/mol. The smallest absolute Gasteiger partial charge is 0.159 e. The minimum absolute atomic E-state index is 0.0177. The monoisotopic (exact) mass is 422 g/mol. The van der Waals surface area contributed by atoms with Crippen molar-refractivity contribution in [2.45, 2.75) is 26.1 Å². The van der Waals surface area contributed by atoms with Crippen molar-refractivity contribution >= 4 is 11.5 Å². The fraction of sp³-hybridized carbons (Fsp3) is 0.320. The van der Waals surface area contributed by atoms with E-state index in [2.05, 4.69) is 34.1 Å². The molecule has 1 aromatic heterocycles. The van der Waals surface area contributed by atoms with Gasteiger partial charge in [0, 0.05) is 38.4 Å². The molecule has 0 saturated heterocycles. The van der Waals surface area contributed by atoms with Gasteiger partial charge in [0.25, 0.3) is 0 Å². The van der Waals surface area contributed by atoms with Crippen molar-refractivity contribution in [3.05, 3.63) is 83.8 Å². The summed E-state index contributed by atoms with van der Waals surface area (Å²) in [5, 5.41) is 10.6. The van der Waals surface area contributed by atoms with Gasteiger partial charge in [0.1, 0.15) is 24.2 Å². The quantitative estimate of drug-likeness (QED) is 0.472. The summed E-state index contributed by atoms with van der Waals surface area (Å²) in [5.74, 6) is 1.40. The number of hydrogen-bond donors (Lipinski definition) is 1. The number of ether oxygens (including phenoxy) is 1. The van der Waals surface area contributed by atoms with E-state index in [1.165, 1.54) is 6.92 Å². The van der Waals surface area contributed by atoms with Crippen LogP contribution in [0, 0.1) is 0 Å². The molecule has 0 aliphatic heterocycles. The van der Waals surface area contributed by atoms with Crippen LogP contribution in [-0.2, 0) is 13.1 Å². The number of Topliss-reactive ketones (excluding diaryl/α,β-unsaturated/α-hetero) is 1. The Balaban J connectivity index is 1.62. The Morgan fingerprint density at radius 3 is 2.48 bits per heavy atom. The Labute approximate surface area is 183 Å². The molecule has 1 N–H and O–H groups in total. The van der Waals surface area contributed by atoms with E-state index < -0.39 is 6.10 Å². The fourth-order valence-electron chi connectivity index (χ4n) is 3.31. The second-order valence-corrected chi connectivity index (χ2v) is 7.86. The number of benzene rings is 2. The molecule has 3 rings (SSSR count). The Hall–Kier alpha value is -3.09. The molecule has 0 aliphatic carbocycles. The van der Waals surface area contributed by atoms with Gasteiger partial charge in [-0.3, -0.25) is 9.69 Å². The SMILES string of the molecule is CC(=O)c1cccc(OCC(O)CN(Cc2ccc(N(C)C)cc2)Cc2ccco2)c1. The predicted octanol–water partition coefficient (Wildman–Crippen LogP) is 3.99. The molecule has 0 spiro atoms. The maximum atomic E-state index is 11.5. The molecule has 6 heteroatoms. The van der Waals surface area contributed by atoms with Crippen LogP contribution in [0.4, 0.5) is 5.69 Å². The van der Waals surface area contributed by atoms with Crippen LogP contribution in [0.2, 0.25) is 0 Å². The van der Waals surface area contributed by atoms with Gasteiger partial charge in [-0.1, -0.05) is 24.3 Å². The zero-order valence-electron chi connectivity index (χ0n) is 18.3. The number of carbonyl (C=O) groups is 1. The van der Waals surface area contributed by atoms with Gasteiger partial charge in [0.2, 0.25) is 0 Å². The van der Waals surface area contributed by atoms with Gasteiger partial charge in [0.05, 0.1) is 12.8 Å². The number of nitrogens with zero attached hydrogens (tertiary/aromatic N) is 2. The summed E-state index contributed by atoms with van der Waals surface area (Å²) in [7, 11) is 4.03. The minimum atomic E-state index is -0.697. The van der Waals surface area contributed by atoms with E-state index in [0.29, 0.717) is 30.9 Å². The molecular formula is C25H30N2O4. The third-order valence-electron chi connectivity index (χ3n) is 4.97. The highest BCUT2D eigenvalue weighted by Gasteiger charge is 2.15. The summed E-state index contributed by atoms with van der Waals surface area (Å²) < 4.78 is 11.2. The topological polar surface area (TPSA) is 66.2 Å². The second-order valence-electron chi connectivity index (χ2n) is 7.86. The van der Waals surface area contributed by atoms with Crippen molar-refractivity contribution < 1.29 is 19.1 Å². The highest BCUT2D eigenvalue weighted by Crippen LogP contribution is 2.17. The summed E-state index contributed by atoms with van der Waals surface area (Å²) >= 11 is 0. The Morgan fingerprint density at radius 2 is 1.84 bits per heavy atom. The van der Waals surface area contributed by atoms with Gasteiger partial charge in [0.15, 0.2) is 5.78 Å². The van der Waals surface area contributed by atoms with Crippen molar-refractivity contribution in [3.63, 3.8) is 0 Å². The molecule has 1 heterocycles. The molecule has 0 fully saturated rings. The number of rotatable bonds is 11. The van der Waals surface area contributed by atoms with Crippen LogP contribution in [0.1, 0.15) is 28.6 Å².